The summed E-state index contributed by atoms with van der Waals surface area (Å²) in [6, 6.07) is 1.41. The van der Waals surface area contributed by atoms with Crippen LogP contribution in [0.4, 0.5) is 0 Å². The third-order valence-electron chi connectivity index (χ3n) is 3.24. The van der Waals surface area contributed by atoms with Crippen molar-refractivity contribution in [1.29, 1.82) is 0 Å². The number of hydrogen-bond donors (Lipinski definition) is 1. The van der Waals surface area contributed by atoms with Gasteiger partial charge in [0.25, 0.3) is 0 Å². The van der Waals surface area contributed by atoms with Crippen molar-refractivity contribution in [2.24, 2.45) is 0 Å². The molecule has 0 saturated carbocycles. The Balaban J connectivity index is 3.31. The van der Waals surface area contributed by atoms with Gasteiger partial charge in [0.1, 0.15) is 0 Å². The summed E-state index contributed by atoms with van der Waals surface area (Å²) >= 11 is 0. The molecule has 2 heteroatoms. The first-order valence-corrected chi connectivity index (χ1v) is 6.55. The van der Waals surface area contributed by atoms with Gasteiger partial charge in [-0.2, -0.15) is 0 Å². The van der Waals surface area contributed by atoms with Crippen LogP contribution in [0.3, 0.4) is 0 Å². The number of rotatable bonds is 9. The van der Waals surface area contributed by atoms with E-state index in [1.165, 1.54) is 38.8 Å². The third-order valence-corrected chi connectivity index (χ3v) is 3.24. The Labute approximate surface area is 96.4 Å². The minimum Gasteiger partial charge on any atom is -0.314 e. The summed E-state index contributed by atoms with van der Waals surface area (Å²) in [5.74, 6) is 0. The highest BCUT2D eigenvalue weighted by Crippen LogP contribution is 1.99. The number of nitrogens with zero attached hydrogens (tertiary/aromatic N) is 1. The maximum Gasteiger partial charge on any atom is 0.00618 e. The summed E-state index contributed by atoms with van der Waals surface area (Å²) in [4.78, 5) is 2.41. The smallest absolute Gasteiger partial charge is 0.00618 e. The Morgan fingerprint density at radius 2 is 1.67 bits per heavy atom. The molecule has 0 unspecified atom stereocenters. The van der Waals surface area contributed by atoms with Gasteiger partial charge in [-0.15, -0.1) is 0 Å². The molecule has 15 heavy (non-hydrogen) atoms. The van der Waals surface area contributed by atoms with Crippen molar-refractivity contribution >= 4 is 0 Å². The van der Waals surface area contributed by atoms with Crippen LogP contribution >= 0.6 is 0 Å². The maximum atomic E-state index is 3.60. The summed E-state index contributed by atoms with van der Waals surface area (Å²) in [6.45, 7) is 11.4. The van der Waals surface area contributed by atoms with E-state index in [-0.39, 0.29) is 0 Å². The second-order valence-electron chi connectivity index (χ2n) is 4.75. The molecule has 0 aromatic heterocycles. The van der Waals surface area contributed by atoms with E-state index >= 15 is 0 Å². The van der Waals surface area contributed by atoms with Gasteiger partial charge >= 0.3 is 0 Å². The lowest BCUT2D eigenvalue weighted by atomic mass is 10.1. The first kappa shape index (κ1) is 14.9. The molecule has 0 bridgehead atoms. The van der Waals surface area contributed by atoms with Crippen molar-refractivity contribution in [1.82, 2.24) is 10.2 Å². The van der Waals surface area contributed by atoms with E-state index in [0.717, 1.165) is 6.04 Å². The summed E-state index contributed by atoms with van der Waals surface area (Å²) in [5.41, 5.74) is 0. The molecular formula is C13H30N2. The highest BCUT2D eigenvalue weighted by Gasteiger charge is 2.03. The summed E-state index contributed by atoms with van der Waals surface area (Å²) in [5, 5.41) is 3.60. The van der Waals surface area contributed by atoms with Gasteiger partial charge in [-0.1, -0.05) is 13.8 Å². The highest BCUT2D eigenvalue weighted by molar-refractivity contribution is 4.63. The molecule has 0 atom stereocenters. The molecule has 0 spiro atoms. The van der Waals surface area contributed by atoms with E-state index in [4.69, 9.17) is 0 Å². The lowest BCUT2D eigenvalue weighted by molar-refractivity contribution is 0.267. The average Bonchev–Trinajstić information content (AvgIpc) is 2.23. The van der Waals surface area contributed by atoms with Gasteiger partial charge in [0.2, 0.25) is 0 Å². The van der Waals surface area contributed by atoms with Crippen LogP contribution in [-0.2, 0) is 0 Å². The Hall–Kier alpha value is -0.0800. The zero-order valence-electron chi connectivity index (χ0n) is 11.3. The normalized spacial score (nSPS) is 12.0. The molecular weight excluding hydrogens is 184 g/mol. The summed E-state index contributed by atoms with van der Waals surface area (Å²) < 4.78 is 0. The zero-order chi connectivity index (χ0) is 11.7. The van der Waals surface area contributed by atoms with Crippen LogP contribution in [0.5, 0.6) is 0 Å². The predicted molar refractivity (Wildman–Crippen MR) is 69.4 cm³/mol. The average molecular weight is 214 g/mol. The summed E-state index contributed by atoms with van der Waals surface area (Å²) in [7, 11) is 2.21. The van der Waals surface area contributed by atoms with E-state index in [0.29, 0.717) is 6.04 Å². The van der Waals surface area contributed by atoms with Crippen molar-refractivity contribution in [3.8, 4) is 0 Å². The van der Waals surface area contributed by atoms with Crippen molar-refractivity contribution in [3.63, 3.8) is 0 Å². The Bertz CT molecular complexity index is 126. The van der Waals surface area contributed by atoms with Gasteiger partial charge in [-0.3, -0.25) is 0 Å². The van der Waals surface area contributed by atoms with E-state index < -0.39 is 0 Å². The first-order valence-electron chi connectivity index (χ1n) is 6.55. The Morgan fingerprint density at radius 1 is 1.07 bits per heavy atom. The van der Waals surface area contributed by atoms with Crippen LogP contribution in [0.25, 0.3) is 0 Å². The van der Waals surface area contributed by atoms with Gasteiger partial charge in [0.15, 0.2) is 0 Å². The fourth-order valence-corrected chi connectivity index (χ4v) is 1.63. The van der Waals surface area contributed by atoms with Crippen LogP contribution in [-0.4, -0.2) is 37.1 Å². The van der Waals surface area contributed by atoms with Gasteiger partial charge in [-0.25, -0.2) is 0 Å². The Kier molecular flexibility index (Phi) is 9.12. The number of hydrogen-bond acceptors (Lipinski definition) is 2. The lowest BCUT2D eigenvalue weighted by Gasteiger charge is -2.21. The van der Waals surface area contributed by atoms with Crippen molar-refractivity contribution in [3.05, 3.63) is 0 Å². The summed E-state index contributed by atoms with van der Waals surface area (Å²) in [6.07, 6.45) is 5.11. The first-order chi connectivity index (χ1) is 7.11. The maximum absolute atomic E-state index is 3.60. The molecule has 0 heterocycles. The monoisotopic (exact) mass is 214 g/mol. The fourth-order valence-electron chi connectivity index (χ4n) is 1.63. The minimum absolute atomic E-state index is 0.678. The molecule has 0 fully saturated rings. The van der Waals surface area contributed by atoms with Crippen LogP contribution in [0.1, 0.15) is 53.4 Å². The van der Waals surface area contributed by atoms with E-state index in [1.54, 1.807) is 0 Å². The molecule has 1 N–H and O–H groups in total. The molecule has 0 rings (SSSR count). The van der Waals surface area contributed by atoms with Gasteiger partial charge in [0, 0.05) is 12.1 Å². The van der Waals surface area contributed by atoms with Gasteiger partial charge < -0.3 is 10.2 Å². The van der Waals surface area contributed by atoms with E-state index in [2.05, 4.69) is 45.0 Å². The molecule has 92 valence electrons. The molecule has 0 aromatic rings. The molecule has 0 radical (unpaired) electrons. The molecule has 0 amide bonds. The molecule has 0 aliphatic carbocycles. The Morgan fingerprint density at radius 3 is 2.13 bits per heavy atom. The van der Waals surface area contributed by atoms with E-state index in [9.17, 15) is 0 Å². The number of unbranched alkanes of at least 4 members (excludes halogenated alkanes) is 1. The molecule has 0 saturated heterocycles. The van der Waals surface area contributed by atoms with Gasteiger partial charge in [0.05, 0.1) is 0 Å². The topological polar surface area (TPSA) is 15.3 Å². The van der Waals surface area contributed by atoms with Crippen molar-refractivity contribution < 1.29 is 0 Å². The van der Waals surface area contributed by atoms with Crippen LogP contribution < -0.4 is 5.32 Å². The number of nitrogens with one attached hydrogen (secondary N) is 1. The standard InChI is InChI=1S/C13H30N2/c1-6-13(7-2)14-10-8-9-11-15(5)12(3)4/h12-14H,6-11H2,1-5H3. The predicted octanol–water partition coefficient (Wildman–Crippen LogP) is 2.89. The largest absolute Gasteiger partial charge is 0.314 e. The molecule has 2 nitrogen and oxygen atoms in total. The van der Waals surface area contributed by atoms with Crippen LogP contribution in [0.2, 0.25) is 0 Å². The lowest BCUT2D eigenvalue weighted by Crippen LogP contribution is -2.30. The molecule has 0 aliphatic heterocycles. The van der Waals surface area contributed by atoms with Crippen molar-refractivity contribution in [2.45, 2.75) is 65.5 Å². The highest BCUT2D eigenvalue weighted by atomic mass is 15.1. The second kappa shape index (κ2) is 9.17. The SMILES string of the molecule is CCC(CC)NCCCCN(C)C(C)C. The zero-order valence-corrected chi connectivity index (χ0v) is 11.3. The van der Waals surface area contributed by atoms with E-state index in [1.807, 2.05) is 0 Å². The molecule has 0 aromatic carbocycles. The fraction of sp³-hybridized carbons (Fsp3) is 1.00. The van der Waals surface area contributed by atoms with Crippen LogP contribution in [0.15, 0.2) is 0 Å². The second-order valence-corrected chi connectivity index (χ2v) is 4.75. The molecule has 0 aliphatic rings. The van der Waals surface area contributed by atoms with Gasteiger partial charge in [-0.05, 0) is 59.7 Å². The quantitative estimate of drug-likeness (QED) is 0.594. The third kappa shape index (κ3) is 7.80. The minimum atomic E-state index is 0.678. The van der Waals surface area contributed by atoms with Crippen molar-refractivity contribution in [2.75, 3.05) is 20.1 Å². The van der Waals surface area contributed by atoms with Crippen LogP contribution in [0, 0.1) is 0 Å².